The molecule has 0 saturated heterocycles. The van der Waals surface area contributed by atoms with Gasteiger partial charge in [0, 0.05) is 13.1 Å². The zero-order chi connectivity index (χ0) is 10.8. The second-order valence-corrected chi connectivity index (χ2v) is 3.56. The number of nitrogens with zero attached hydrogens (tertiary/aromatic N) is 4. The van der Waals surface area contributed by atoms with Crippen LogP contribution in [0.2, 0.25) is 0 Å². The number of benzene rings is 1. The molecule has 0 amide bonds. The second kappa shape index (κ2) is 3.88. The molecule has 0 atom stereocenters. The minimum absolute atomic E-state index is 0.933. The molecule has 0 aliphatic rings. The van der Waals surface area contributed by atoms with Crippen LogP contribution >= 0.6 is 0 Å². The Morgan fingerprint density at radius 2 is 2.00 bits per heavy atom. The molecular weight excluding hydrogens is 188 g/mol. The SMILES string of the molecule is CCN(CC)n1nnc2c(C)cccc21. The fraction of sp³-hybridized carbons (Fsp3) is 0.455. The molecule has 4 heteroatoms. The summed E-state index contributed by atoms with van der Waals surface area (Å²) in [5.74, 6) is 0. The van der Waals surface area contributed by atoms with Gasteiger partial charge >= 0.3 is 0 Å². The summed E-state index contributed by atoms with van der Waals surface area (Å²) < 4.78 is 0. The molecule has 2 rings (SSSR count). The van der Waals surface area contributed by atoms with Gasteiger partial charge < -0.3 is 0 Å². The highest BCUT2D eigenvalue weighted by molar-refractivity contribution is 5.77. The number of hydrogen-bond donors (Lipinski definition) is 0. The number of fused-ring (bicyclic) bond motifs is 1. The summed E-state index contributed by atoms with van der Waals surface area (Å²) in [7, 11) is 0. The molecule has 0 spiro atoms. The van der Waals surface area contributed by atoms with E-state index in [-0.39, 0.29) is 0 Å². The van der Waals surface area contributed by atoms with Crippen LogP contribution in [-0.4, -0.2) is 28.2 Å². The van der Waals surface area contributed by atoms with Gasteiger partial charge in [0.15, 0.2) is 0 Å². The van der Waals surface area contributed by atoms with E-state index in [1.54, 1.807) is 0 Å². The Labute approximate surface area is 89.5 Å². The van der Waals surface area contributed by atoms with Crippen LogP contribution in [0, 0.1) is 6.92 Å². The predicted octanol–water partition coefficient (Wildman–Crippen LogP) is 1.72. The van der Waals surface area contributed by atoms with Crippen molar-refractivity contribution in [1.29, 1.82) is 0 Å². The van der Waals surface area contributed by atoms with Crippen molar-refractivity contribution in [3.05, 3.63) is 23.8 Å². The summed E-state index contributed by atoms with van der Waals surface area (Å²) >= 11 is 0. The minimum atomic E-state index is 0.933. The van der Waals surface area contributed by atoms with Gasteiger partial charge in [-0.1, -0.05) is 12.1 Å². The molecule has 0 aliphatic carbocycles. The van der Waals surface area contributed by atoms with Crippen molar-refractivity contribution in [2.75, 3.05) is 18.1 Å². The van der Waals surface area contributed by atoms with Gasteiger partial charge in [0.2, 0.25) is 0 Å². The number of hydrogen-bond acceptors (Lipinski definition) is 3. The van der Waals surface area contributed by atoms with Gasteiger partial charge in [-0.3, -0.25) is 5.01 Å². The van der Waals surface area contributed by atoms with Gasteiger partial charge in [-0.25, -0.2) is 0 Å². The maximum atomic E-state index is 4.21. The molecule has 0 N–H and O–H groups in total. The van der Waals surface area contributed by atoms with Gasteiger partial charge in [-0.2, -0.15) is 4.79 Å². The van der Waals surface area contributed by atoms with E-state index in [9.17, 15) is 0 Å². The molecule has 0 saturated carbocycles. The van der Waals surface area contributed by atoms with Crippen LogP contribution in [-0.2, 0) is 0 Å². The van der Waals surface area contributed by atoms with E-state index < -0.39 is 0 Å². The normalized spacial score (nSPS) is 10.9. The van der Waals surface area contributed by atoms with E-state index in [0.717, 1.165) is 24.1 Å². The van der Waals surface area contributed by atoms with Gasteiger partial charge in [0.05, 0.1) is 0 Å². The molecule has 0 fully saturated rings. The summed E-state index contributed by atoms with van der Waals surface area (Å²) in [4.78, 5) is 1.89. The van der Waals surface area contributed by atoms with Crippen LogP contribution in [0.25, 0.3) is 11.0 Å². The molecule has 0 bridgehead atoms. The first-order valence-corrected chi connectivity index (χ1v) is 5.34. The standard InChI is InChI=1S/C11H16N4/c1-4-14(5-2)15-10-8-6-7-9(3)11(10)12-13-15/h6-8H,4-5H2,1-3H3. The minimum Gasteiger partial charge on any atom is -0.296 e. The van der Waals surface area contributed by atoms with Crippen molar-refractivity contribution in [3.63, 3.8) is 0 Å². The molecule has 0 radical (unpaired) electrons. The summed E-state index contributed by atoms with van der Waals surface area (Å²) in [5.41, 5.74) is 3.24. The first-order chi connectivity index (χ1) is 7.27. The van der Waals surface area contributed by atoms with Crippen molar-refractivity contribution in [3.8, 4) is 0 Å². The van der Waals surface area contributed by atoms with Crippen molar-refractivity contribution >= 4 is 11.0 Å². The maximum absolute atomic E-state index is 4.21. The van der Waals surface area contributed by atoms with E-state index in [1.165, 1.54) is 5.56 Å². The van der Waals surface area contributed by atoms with E-state index in [0.29, 0.717) is 0 Å². The lowest BCUT2D eigenvalue weighted by Crippen LogP contribution is -2.34. The quantitative estimate of drug-likeness (QED) is 0.763. The maximum Gasteiger partial charge on any atom is 0.118 e. The fourth-order valence-electron chi connectivity index (χ4n) is 1.77. The number of rotatable bonds is 3. The lowest BCUT2D eigenvalue weighted by atomic mass is 10.2. The highest BCUT2D eigenvalue weighted by atomic mass is 15.7. The highest BCUT2D eigenvalue weighted by Gasteiger charge is 2.09. The van der Waals surface area contributed by atoms with Gasteiger partial charge in [0.25, 0.3) is 0 Å². The third-order valence-corrected chi connectivity index (χ3v) is 2.66. The zero-order valence-corrected chi connectivity index (χ0v) is 9.44. The van der Waals surface area contributed by atoms with Crippen molar-refractivity contribution < 1.29 is 0 Å². The molecule has 1 heterocycles. The Bertz CT molecular complexity index is 457. The third kappa shape index (κ3) is 1.56. The van der Waals surface area contributed by atoms with E-state index >= 15 is 0 Å². The van der Waals surface area contributed by atoms with Crippen LogP contribution in [0.1, 0.15) is 19.4 Å². The van der Waals surface area contributed by atoms with Crippen LogP contribution in [0.15, 0.2) is 18.2 Å². The topological polar surface area (TPSA) is 34.0 Å². The van der Waals surface area contributed by atoms with E-state index in [4.69, 9.17) is 0 Å². The third-order valence-electron chi connectivity index (χ3n) is 2.66. The first kappa shape index (κ1) is 9.96. The molecule has 2 aromatic rings. The second-order valence-electron chi connectivity index (χ2n) is 3.56. The fourth-order valence-corrected chi connectivity index (χ4v) is 1.77. The average Bonchev–Trinajstić information content (AvgIpc) is 2.66. The Kier molecular flexibility index (Phi) is 2.58. The first-order valence-electron chi connectivity index (χ1n) is 5.34. The summed E-state index contributed by atoms with van der Waals surface area (Å²) in [6.45, 7) is 8.16. The van der Waals surface area contributed by atoms with Gasteiger partial charge in [-0.15, -0.1) is 5.10 Å². The lowest BCUT2D eigenvalue weighted by molar-refractivity contribution is 0.553. The van der Waals surface area contributed by atoms with Gasteiger partial charge in [0.1, 0.15) is 11.0 Å². The number of aromatic nitrogens is 3. The molecule has 1 aromatic heterocycles. The molecule has 0 aliphatic heterocycles. The summed E-state index contributed by atoms with van der Waals surface area (Å²) in [6.07, 6.45) is 0. The largest absolute Gasteiger partial charge is 0.296 e. The van der Waals surface area contributed by atoms with Crippen LogP contribution in [0.5, 0.6) is 0 Å². The van der Waals surface area contributed by atoms with E-state index in [1.807, 2.05) is 10.9 Å². The van der Waals surface area contributed by atoms with Gasteiger partial charge in [-0.05, 0) is 37.6 Å². The lowest BCUT2D eigenvalue weighted by Gasteiger charge is -2.20. The van der Waals surface area contributed by atoms with Crippen molar-refractivity contribution in [2.24, 2.45) is 0 Å². The highest BCUT2D eigenvalue weighted by Crippen LogP contribution is 2.14. The zero-order valence-electron chi connectivity index (χ0n) is 9.44. The van der Waals surface area contributed by atoms with Crippen LogP contribution in [0.4, 0.5) is 0 Å². The summed E-state index contributed by atoms with van der Waals surface area (Å²) in [5, 5.41) is 10.5. The molecular formula is C11H16N4. The molecule has 15 heavy (non-hydrogen) atoms. The molecule has 1 aromatic carbocycles. The molecule has 80 valence electrons. The monoisotopic (exact) mass is 204 g/mol. The Morgan fingerprint density at radius 3 is 2.67 bits per heavy atom. The van der Waals surface area contributed by atoms with Crippen LogP contribution < -0.4 is 5.01 Å². The Hall–Kier alpha value is -1.58. The molecule has 4 nitrogen and oxygen atoms in total. The smallest absolute Gasteiger partial charge is 0.118 e. The van der Waals surface area contributed by atoms with E-state index in [2.05, 4.69) is 48.2 Å². The van der Waals surface area contributed by atoms with Crippen LogP contribution in [0.3, 0.4) is 0 Å². The number of aryl methyl sites for hydroxylation is 1. The Balaban J connectivity index is 2.58. The van der Waals surface area contributed by atoms with Crippen molar-refractivity contribution in [2.45, 2.75) is 20.8 Å². The Morgan fingerprint density at radius 1 is 1.27 bits per heavy atom. The molecule has 0 unspecified atom stereocenters. The van der Waals surface area contributed by atoms with Crippen molar-refractivity contribution in [1.82, 2.24) is 15.1 Å². The summed E-state index contributed by atoms with van der Waals surface area (Å²) in [6, 6.07) is 6.16. The predicted molar refractivity (Wildman–Crippen MR) is 61.6 cm³/mol. The average molecular weight is 204 g/mol.